The Kier molecular flexibility index (Phi) is 10.5. The molecule has 1 aromatic carbocycles. The van der Waals surface area contributed by atoms with Gasteiger partial charge in [0.25, 0.3) is 0 Å². The number of hydrogen-bond acceptors (Lipinski definition) is 3. The van der Waals surface area contributed by atoms with E-state index in [1.165, 1.54) is 13.0 Å². The van der Waals surface area contributed by atoms with Crippen molar-refractivity contribution in [2.24, 2.45) is 4.99 Å². The van der Waals surface area contributed by atoms with Gasteiger partial charge >= 0.3 is 19.5 Å². The predicted octanol–water partition coefficient (Wildman–Crippen LogP) is 5.62. The van der Waals surface area contributed by atoms with Gasteiger partial charge in [-0.05, 0) is 19.1 Å². The van der Waals surface area contributed by atoms with Gasteiger partial charge in [-0.25, -0.2) is 0 Å². The Bertz CT molecular complexity index is 772. The number of para-hydroxylation sites is 1. The van der Waals surface area contributed by atoms with Gasteiger partial charge in [0.2, 0.25) is 0 Å². The Balaban J connectivity index is 0.000000584. The quantitative estimate of drug-likeness (QED) is 0.344. The van der Waals surface area contributed by atoms with E-state index in [-0.39, 0.29) is 25.2 Å². The SMILES string of the molecule is CC(/C=C(/C)[O-])=Nc1cccc2cccnc12.C[Si](C)(C)[N-][Si](C)(C)C.[Zn+2]. The van der Waals surface area contributed by atoms with Gasteiger partial charge < -0.3 is 9.75 Å². The third-order valence-corrected chi connectivity index (χ3v) is 8.36. The summed E-state index contributed by atoms with van der Waals surface area (Å²) in [6, 6.07) is 9.71. The molecule has 0 atom stereocenters. The fourth-order valence-electron chi connectivity index (χ4n) is 2.70. The van der Waals surface area contributed by atoms with E-state index < -0.39 is 16.5 Å². The number of aromatic nitrogens is 1. The van der Waals surface area contributed by atoms with Crippen LogP contribution in [-0.2, 0) is 19.5 Å². The maximum absolute atomic E-state index is 11.0. The average Bonchev–Trinajstić information content (AvgIpc) is 2.43. The molecule has 7 heteroatoms. The van der Waals surface area contributed by atoms with E-state index in [1.807, 2.05) is 37.3 Å². The first-order valence-corrected chi connectivity index (χ1v) is 15.8. The summed E-state index contributed by atoms with van der Waals surface area (Å²) >= 11 is 0. The van der Waals surface area contributed by atoms with Crippen molar-refractivity contribution in [3.05, 3.63) is 53.0 Å². The fourth-order valence-corrected chi connectivity index (χ4v) is 10.8. The van der Waals surface area contributed by atoms with Crippen LogP contribution in [0.4, 0.5) is 5.69 Å². The molecule has 0 saturated carbocycles. The summed E-state index contributed by atoms with van der Waals surface area (Å²) < 4.78 is 4.82. The van der Waals surface area contributed by atoms with Crippen molar-refractivity contribution in [2.45, 2.75) is 53.1 Å². The predicted molar refractivity (Wildman–Crippen MR) is 118 cm³/mol. The van der Waals surface area contributed by atoms with Gasteiger partial charge in [0.1, 0.15) is 0 Å². The van der Waals surface area contributed by atoms with Crippen molar-refractivity contribution < 1.29 is 24.6 Å². The first-order chi connectivity index (χ1) is 11.9. The maximum Gasteiger partial charge on any atom is 2.00 e. The van der Waals surface area contributed by atoms with Crippen LogP contribution in [-0.4, -0.2) is 27.2 Å². The number of pyridine rings is 1. The van der Waals surface area contributed by atoms with E-state index in [1.54, 1.807) is 6.20 Å². The van der Waals surface area contributed by atoms with Gasteiger partial charge in [0.15, 0.2) is 0 Å². The number of benzene rings is 1. The molecular weight excluding hydrogens is 420 g/mol. The molecule has 0 N–H and O–H groups in total. The molecule has 0 radical (unpaired) electrons. The molecule has 27 heavy (non-hydrogen) atoms. The van der Waals surface area contributed by atoms with Gasteiger partial charge in [-0.1, -0.05) is 87.0 Å². The van der Waals surface area contributed by atoms with Crippen LogP contribution < -0.4 is 5.11 Å². The second-order valence-corrected chi connectivity index (χ2v) is 17.9. The summed E-state index contributed by atoms with van der Waals surface area (Å²) in [6.07, 6.45) is 3.26. The van der Waals surface area contributed by atoms with Gasteiger partial charge in [-0.2, -0.15) is 0 Å². The Labute approximate surface area is 179 Å². The first-order valence-electron chi connectivity index (χ1n) is 8.86. The molecule has 0 aliphatic carbocycles. The topological polar surface area (TPSA) is 62.4 Å². The summed E-state index contributed by atoms with van der Waals surface area (Å²) in [5.74, 6) is -0.000513. The van der Waals surface area contributed by atoms with E-state index in [0.29, 0.717) is 5.71 Å². The Morgan fingerprint density at radius 3 is 2.04 bits per heavy atom. The van der Waals surface area contributed by atoms with E-state index in [9.17, 15) is 5.11 Å². The van der Waals surface area contributed by atoms with Crippen LogP contribution in [0.3, 0.4) is 0 Å². The minimum absolute atomic E-state index is 0. The smallest absolute Gasteiger partial charge is 0.876 e. The summed E-state index contributed by atoms with van der Waals surface area (Å²) in [5, 5.41) is 12.0. The molecule has 0 bridgehead atoms. The molecule has 1 heterocycles. The number of hydrogen-bond donors (Lipinski definition) is 0. The van der Waals surface area contributed by atoms with Crippen LogP contribution in [0.2, 0.25) is 39.3 Å². The molecule has 0 amide bonds. The molecule has 2 rings (SSSR count). The fraction of sp³-hybridized carbons (Fsp3) is 0.400. The Hall–Kier alpha value is -1.14. The molecule has 0 saturated heterocycles. The molecule has 0 aliphatic rings. The zero-order chi connectivity index (χ0) is 20.0. The van der Waals surface area contributed by atoms with Crippen LogP contribution in [0.5, 0.6) is 0 Å². The largest absolute Gasteiger partial charge is 2.00 e. The van der Waals surface area contributed by atoms with Crippen molar-refractivity contribution in [2.75, 3.05) is 0 Å². The van der Waals surface area contributed by atoms with Crippen molar-refractivity contribution in [3.8, 4) is 0 Å². The molecule has 2 aromatic rings. The van der Waals surface area contributed by atoms with Crippen LogP contribution in [0.25, 0.3) is 15.6 Å². The first kappa shape index (κ1) is 25.9. The molecule has 0 unspecified atom stereocenters. The van der Waals surface area contributed by atoms with Gasteiger partial charge in [0, 0.05) is 17.3 Å². The zero-order valence-electron chi connectivity index (χ0n) is 18.0. The van der Waals surface area contributed by atoms with Crippen LogP contribution in [0.1, 0.15) is 13.8 Å². The molecular formula is C20H31N3OSi2Zn. The summed E-state index contributed by atoms with van der Waals surface area (Å²) in [5.41, 5.74) is 2.33. The third-order valence-electron chi connectivity index (χ3n) is 2.99. The maximum atomic E-state index is 11.0. The van der Waals surface area contributed by atoms with Crippen LogP contribution in [0.15, 0.2) is 53.4 Å². The van der Waals surface area contributed by atoms with E-state index in [4.69, 9.17) is 4.65 Å². The van der Waals surface area contributed by atoms with E-state index in [2.05, 4.69) is 49.3 Å². The van der Waals surface area contributed by atoms with Crippen LogP contribution >= 0.6 is 0 Å². The number of rotatable bonds is 4. The summed E-state index contributed by atoms with van der Waals surface area (Å²) in [7, 11) is -2.21. The monoisotopic (exact) mass is 449 g/mol. The van der Waals surface area contributed by atoms with E-state index in [0.717, 1.165) is 16.6 Å². The summed E-state index contributed by atoms with van der Waals surface area (Å²) in [6.45, 7) is 17.1. The minimum atomic E-state index is -1.11. The standard InChI is InChI=1S/C14H14N2O.C6H18NSi2.Zn/c1-10(9-11(2)17)16-13-7-3-5-12-6-4-8-15-14(12)13;1-8(2,3)7-9(4,5)6;/h3-9,17H,1-2H3;1-6H3;/q;-1;+2/p-1/b11-9-,16-10?;;. The second kappa shape index (κ2) is 11.0. The minimum Gasteiger partial charge on any atom is -0.876 e. The molecule has 0 aliphatic heterocycles. The van der Waals surface area contributed by atoms with Crippen molar-refractivity contribution in [1.82, 2.24) is 4.98 Å². The van der Waals surface area contributed by atoms with Gasteiger partial charge in [-0.3, -0.25) is 9.98 Å². The zero-order valence-corrected chi connectivity index (χ0v) is 23.0. The van der Waals surface area contributed by atoms with Crippen molar-refractivity contribution >= 4 is 38.8 Å². The number of fused-ring (bicyclic) bond motifs is 1. The van der Waals surface area contributed by atoms with E-state index >= 15 is 0 Å². The number of allylic oxidation sites excluding steroid dienone is 2. The van der Waals surface area contributed by atoms with Crippen molar-refractivity contribution in [3.63, 3.8) is 0 Å². The van der Waals surface area contributed by atoms with Crippen LogP contribution in [0, 0.1) is 0 Å². The van der Waals surface area contributed by atoms with Gasteiger partial charge in [-0.15, -0.1) is 5.76 Å². The molecule has 0 fully saturated rings. The normalized spacial score (nSPS) is 12.9. The number of nitrogens with zero attached hydrogens (tertiary/aromatic N) is 3. The Morgan fingerprint density at radius 2 is 1.56 bits per heavy atom. The molecule has 142 valence electrons. The summed E-state index contributed by atoms with van der Waals surface area (Å²) in [4.78, 5) is 8.71. The molecule has 4 nitrogen and oxygen atoms in total. The second-order valence-electron chi connectivity index (χ2n) is 8.31. The third kappa shape index (κ3) is 11.3. The molecule has 1 aromatic heterocycles. The molecule has 0 spiro atoms. The van der Waals surface area contributed by atoms with Crippen molar-refractivity contribution in [1.29, 1.82) is 0 Å². The average molecular weight is 451 g/mol. The Morgan fingerprint density at radius 1 is 1.00 bits per heavy atom. The number of aliphatic imine (C=N–C) groups is 1. The van der Waals surface area contributed by atoms with Gasteiger partial charge in [0.05, 0.1) is 11.2 Å².